The van der Waals surface area contributed by atoms with Crippen LogP contribution in [-0.4, -0.2) is 25.7 Å². The quantitative estimate of drug-likeness (QED) is 0.762. The maximum atomic E-state index is 11.8. The van der Waals surface area contributed by atoms with Gasteiger partial charge in [-0.15, -0.1) is 0 Å². The van der Waals surface area contributed by atoms with Gasteiger partial charge >= 0.3 is 0 Å². The van der Waals surface area contributed by atoms with E-state index >= 15 is 0 Å². The van der Waals surface area contributed by atoms with Crippen LogP contribution in [0, 0.1) is 0 Å². The molecular formula is C9H13N3O2S. The van der Waals surface area contributed by atoms with Gasteiger partial charge in [0.05, 0.1) is 23.3 Å². The van der Waals surface area contributed by atoms with E-state index in [9.17, 15) is 8.42 Å². The highest BCUT2D eigenvalue weighted by atomic mass is 32.2. The van der Waals surface area contributed by atoms with E-state index in [1.807, 2.05) is 0 Å². The van der Waals surface area contributed by atoms with E-state index in [1.54, 1.807) is 12.3 Å². The maximum Gasteiger partial charge on any atom is 0.235 e. The van der Waals surface area contributed by atoms with Crippen LogP contribution in [0.1, 0.15) is 12.8 Å². The van der Waals surface area contributed by atoms with Crippen LogP contribution in [-0.2, 0) is 10.0 Å². The van der Waals surface area contributed by atoms with Gasteiger partial charge < -0.3 is 5.73 Å². The molecule has 2 rings (SSSR count). The van der Waals surface area contributed by atoms with Crippen molar-refractivity contribution in [3.63, 3.8) is 0 Å². The number of nitrogens with zero attached hydrogens (tertiary/aromatic N) is 2. The first-order valence-electron chi connectivity index (χ1n) is 4.81. The Morgan fingerprint density at radius 1 is 1.40 bits per heavy atom. The fourth-order valence-corrected chi connectivity index (χ4v) is 3.35. The fourth-order valence-electron chi connectivity index (χ4n) is 1.69. The Labute approximate surface area is 89.0 Å². The third-order valence-electron chi connectivity index (χ3n) is 2.45. The number of rotatable bonds is 1. The number of hydrogen-bond acceptors (Lipinski definition) is 4. The number of nitrogen functional groups attached to an aromatic ring is 1. The molecule has 15 heavy (non-hydrogen) atoms. The summed E-state index contributed by atoms with van der Waals surface area (Å²) >= 11 is 0. The zero-order valence-electron chi connectivity index (χ0n) is 8.26. The highest BCUT2D eigenvalue weighted by Crippen LogP contribution is 2.27. The number of anilines is 2. The molecule has 0 radical (unpaired) electrons. The van der Waals surface area contributed by atoms with Gasteiger partial charge in [0, 0.05) is 12.7 Å². The van der Waals surface area contributed by atoms with Gasteiger partial charge in [0.15, 0.2) is 0 Å². The second-order valence-corrected chi connectivity index (χ2v) is 5.54. The molecule has 1 saturated heterocycles. The van der Waals surface area contributed by atoms with Crippen molar-refractivity contribution in [2.24, 2.45) is 0 Å². The molecule has 1 aliphatic rings. The van der Waals surface area contributed by atoms with Crippen molar-refractivity contribution in [2.45, 2.75) is 12.8 Å². The Balaban J connectivity index is 2.42. The second-order valence-electron chi connectivity index (χ2n) is 3.53. The van der Waals surface area contributed by atoms with Crippen molar-refractivity contribution in [2.75, 3.05) is 22.3 Å². The van der Waals surface area contributed by atoms with Gasteiger partial charge in [-0.05, 0) is 18.9 Å². The highest BCUT2D eigenvalue weighted by Gasteiger charge is 2.27. The summed E-state index contributed by atoms with van der Waals surface area (Å²) in [6, 6.07) is 1.64. The molecule has 0 atom stereocenters. The topological polar surface area (TPSA) is 76.3 Å². The lowest BCUT2D eigenvalue weighted by Gasteiger charge is -2.28. The SMILES string of the molecule is Nc1cnccc1N1CCCCS1(=O)=O. The Morgan fingerprint density at radius 3 is 2.87 bits per heavy atom. The largest absolute Gasteiger partial charge is 0.396 e. The van der Waals surface area contributed by atoms with E-state index in [1.165, 1.54) is 10.5 Å². The van der Waals surface area contributed by atoms with E-state index in [0.717, 1.165) is 12.8 Å². The third-order valence-corrected chi connectivity index (χ3v) is 4.30. The molecular weight excluding hydrogens is 214 g/mol. The number of hydrogen-bond donors (Lipinski definition) is 1. The summed E-state index contributed by atoms with van der Waals surface area (Å²) in [5.74, 6) is 0.203. The van der Waals surface area contributed by atoms with Crippen molar-refractivity contribution in [1.29, 1.82) is 0 Å². The van der Waals surface area contributed by atoms with Crippen LogP contribution in [0.25, 0.3) is 0 Å². The standard InChI is InChI=1S/C9H13N3O2S/c10-8-7-11-4-3-9(8)12-5-1-2-6-15(12,13)14/h3-4,7H,1-2,5-6,10H2. The summed E-state index contributed by atoms with van der Waals surface area (Å²) in [6.45, 7) is 0.510. The van der Waals surface area contributed by atoms with Crippen LogP contribution in [0.2, 0.25) is 0 Å². The molecule has 2 N–H and O–H groups in total. The molecule has 5 nitrogen and oxygen atoms in total. The van der Waals surface area contributed by atoms with Crippen LogP contribution in [0.15, 0.2) is 18.5 Å². The van der Waals surface area contributed by atoms with Crippen molar-refractivity contribution in [3.8, 4) is 0 Å². The lowest BCUT2D eigenvalue weighted by atomic mass is 10.3. The molecule has 0 spiro atoms. The Bertz CT molecular complexity index is 458. The van der Waals surface area contributed by atoms with Crippen molar-refractivity contribution >= 4 is 21.4 Å². The van der Waals surface area contributed by atoms with E-state index in [2.05, 4.69) is 4.98 Å². The first-order valence-corrected chi connectivity index (χ1v) is 6.42. The molecule has 1 aliphatic heterocycles. The van der Waals surface area contributed by atoms with E-state index < -0.39 is 10.0 Å². The maximum absolute atomic E-state index is 11.8. The summed E-state index contributed by atoms with van der Waals surface area (Å²) in [7, 11) is -3.17. The summed E-state index contributed by atoms with van der Waals surface area (Å²) in [5.41, 5.74) is 6.66. The molecule has 1 aromatic rings. The number of aromatic nitrogens is 1. The van der Waals surface area contributed by atoms with E-state index in [4.69, 9.17) is 5.73 Å². The summed E-state index contributed by atoms with van der Waals surface area (Å²) in [5, 5.41) is 0. The lowest BCUT2D eigenvalue weighted by Crippen LogP contribution is -2.38. The molecule has 1 aromatic heterocycles. The lowest BCUT2D eigenvalue weighted by molar-refractivity contribution is 0.574. The van der Waals surface area contributed by atoms with Gasteiger partial charge in [0.25, 0.3) is 0 Å². The predicted octanol–water partition coefficient (Wildman–Crippen LogP) is 0.594. The second kappa shape index (κ2) is 3.69. The van der Waals surface area contributed by atoms with Gasteiger partial charge in [-0.25, -0.2) is 8.42 Å². The van der Waals surface area contributed by atoms with Crippen LogP contribution in [0.4, 0.5) is 11.4 Å². The molecule has 1 fully saturated rings. The minimum absolute atomic E-state index is 0.203. The Hall–Kier alpha value is -1.30. The molecule has 0 aromatic carbocycles. The molecule has 0 saturated carbocycles. The van der Waals surface area contributed by atoms with Crippen molar-refractivity contribution in [1.82, 2.24) is 4.98 Å². The number of pyridine rings is 1. The molecule has 0 aliphatic carbocycles. The van der Waals surface area contributed by atoms with Gasteiger partial charge in [-0.3, -0.25) is 9.29 Å². The molecule has 6 heteroatoms. The minimum atomic E-state index is -3.17. The van der Waals surface area contributed by atoms with Gasteiger partial charge in [-0.1, -0.05) is 0 Å². The molecule has 82 valence electrons. The summed E-state index contributed by atoms with van der Waals surface area (Å²) in [6.07, 6.45) is 4.63. The number of sulfonamides is 1. The fraction of sp³-hybridized carbons (Fsp3) is 0.444. The van der Waals surface area contributed by atoms with E-state index in [-0.39, 0.29) is 5.75 Å². The zero-order valence-corrected chi connectivity index (χ0v) is 9.07. The van der Waals surface area contributed by atoms with Crippen LogP contribution in [0.5, 0.6) is 0 Å². The minimum Gasteiger partial charge on any atom is -0.396 e. The smallest absolute Gasteiger partial charge is 0.235 e. The summed E-state index contributed by atoms with van der Waals surface area (Å²) < 4.78 is 25.0. The predicted molar refractivity (Wildman–Crippen MR) is 59.0 cm³/mol. The zero-order chi connectivity index (χ0) is 10.9. The van der Waals surface area contributed by atoms with Gasteiger partial charge in [0.1, 0.15) is 0 Å². The van der Waals surface area contributed by atoms with Crippen molar-refractivity contribution < 1.29 is 8.42 Å². The normalized spacial score (nSPS) is 20.1. The Morgan fingerprint density at radius 2 is 2.20 bits per heavy atom. The highest BCUT2D eigenvalue weighted by molar-refractivity contribution is 7.92. The average Bonchev–Trinajstić information content (AvgIpc) is 2.19. The first kappa shape index (κ1) is 10.2. The molecule has 0 bridgehead atoms. The molecule has 0 unspecified atom stereocenters. The molecule has 2 heterocycles. The van der Waals surface area contributed by atoms with Crippen molar-refractivity contribution in [3.05, 3.63) is 18.5 Å². The third kappa shape index (κ3) is 1.90. The van der Waals surface area contributed by atoms with Crippen LogP contribution >= 0.6 is 0 Å². The average molecular weight is 227 g/mol. The molecule has 0 amide bonds. The number of nitrogens with two attached hydrogens (primary N) is 1. The van der Waals surface area contributed by atoms with Crippen LogP contribution < -0.4 is 10.0 Å². The Kier molecular flexibility index (Phi) is 2.52. The van der Waals surface area contributed by atoms with Gasteiger partial charge in [-0.2, -0.15) is 0 Å². The first-order chi connectivity index (χ1) is 7.11. The van der Waals surface area contributed by atoms with Crippen LogP contribution in [0.3, 0.4) is 0 Å². The monoisotopic (exact) mass is 227 g/mol. The van der Waals surface area contributed by atoms with Gasteiger partial charge in [0.2, 0.25) is 10.0 Å². The summed E-state index contributed by atoms with van der Waals surface area (Å²) in [4.78, 5) is 3.84. The van der Waals surface area contributed by atoms with E-state index in [0.29, 0.717) is 17.9 Å².